The van der Waals surface area contributed by atoms with Gasteiger partial charge >= 0.3 is 0 Å². The molecule has 0 saturated carbocycles. The summed E-state index contributed by atoms with van der Waals surface area (Å²) < 4.78 is 0. The maximum atomic E-state index is 2.81. The molecule has 0 aromatic rings. The lowest BCUT2D eigenvalue weighted by atomic mass is 9.76. The van der Waals surface area contributed by atoms with E-state index >= 15 is 0 Å². The van der Waals surface area contributed by atoms with Gasteiger partial charge in [0.05, 0.1) is 0 Å². The summed E-state index contributed by atoms with van der Waals surface area (Å²) in [5.41, 5.74) is 1.13. The van der Waals surface area contributed by atoms with Gasteiger partial charge in [-0.3, -0.25) is 14.7 Å². The van der Waals surface area contributed by atoms with Crippen molar-refractivity contribution >= 4 is 0 Å². The average molecular weight is 435 g/mol. The van der Waals surface area contributed by atoms with E-state index in [2.05, 4.69) is 81.9 Å². The van der Waals surface area contributed by atoms with Crippen LogP contribution in [0.1, 0.15) is 81.6 Å². The molecule has 3 aliphatic heterocycles. The molecule has 0 aromatic carbocycles. The summed E-state index contributed by atoms with van der Waals surface area (Å²) in [5, 5.41) is 0. The Balaban J connectivity index is 1.37. The Labute approximate surface area is 194 Å². The number of likely N-dealkylation sites (tertiary alicyclic amines) is 2. The van der Waals surface area contributed by atoms with E-state index in [-0.39, 0.29) is 0 Å². The molecule has 3 aliphatic rings. The van der Waals surface area contributed by atoms with E-state index in [1.807, 2.05) is 0 Å². The highest BCUT2D eigenvalue weighted by molar-refractivity contribution is 4.93. The fourth-order valence-corrected chi connectivity index (χ4v) is 5.90. The van der Waals surface area contributed by atoms with Gasteiger partial charge in [-0.2, -0.15) is 0 Å². The van der Waals surface area contributed by atoms with Crippen LogP contribution in [0.15, 0.2) is 0 Å². The zero-order valence-electron chi connectivity index (χ0n) is 22.5. The zero-order valence-corrected chi connectivity index (χ0v) is 22.5. The van der Waals surface area contributed by atoms with E-state index in [9.17, 15) is 0 Å². The molecule has 0 aliphatic carbocycles. The molecule has 0 aromatic heterocycles. The van der Waals surface area contributed by atoms with Gasteiger partial charge in [-0.25, -0.2) is 0 Å². The summed E-state index contributed by atoms with van der Waals surface area (Å²) in [7, 11) is 0. The van der Waals surface area contributed by atoms with E-state index < -0.39 is 0 Å². The molecule has 3 heterocycles. The second-order valence-corrected chi connectivity index (χ2v) is 13.8. The van der Waals surface area contributed by atoms with Crippen LogP contribution < -0.4 is 0 Å². The molecule has 4 heteroatoms. The molecule has 3 rings (SSSR count). The Morgan fingerprint density at radius 1 is 0.774 bits per heavy atom. The third kappa shape index (κ3) is 6.68. The summed E-state index contributed by atoms with van der Waals surface area (Å²) in [6.45, 7) is 33.2. The van der Waals surface area contributed by atoms with Crippen LogP contribution in [0.4, 0.5) is 0 Å². The number of rotatable bonds is 7. The van der Waals surface area contributed by atoms with Crippen LogP contribution in [-0.4, -0.2) is 95.6 Å². The van der Waals surface area contributed by atoms with Crippen molar-refractivity contribution in [2.45, 2.75) is 98.7 Å². The molecule has 0 N–H and O–H groups in total. The van der Waals surface area contributed by atoms with E-state index in [0.29, 0.717) is 22.5 Å². The number of piperazine rings is 1. The van der Waals surface area contributed by atoms with Crippen LogP contribution in [0.3, 0.4) is 0 Å². The maximum absolute atomic E-state index is 2.81. The molecular weight excluding hydrogens is 380 g/mol. The molecule has 182 valence electrons. The third-order valence-corrected chi connectivity index (χ3v) is 8.90. The molecule has 4 nitrogen and oxygen atoms in total. The Bertz CT molecular complexity index is 559. The molecule has 1 unspecified atom stereocenters. The monoisotopic (exact) mass is 434 g/mol. The van der Waals surface area contributed by atoms with Gasteiger partial charge in [-0.1, -0.05) is 20.8 Å². The van der Waals surface area contributed by atoms with E-state index in [0.717, 1.165) is 11.8 Å². The van der Waals surface area contributed by atoms with Gasteiger partial charge in [0.2, 0.25) is 0 Å². The summed E-state index contributed by atoms with van der Waals surface area (Å²) in [5.74, 6) is 1.77. The molecule has 3 saturated heterocycles. The van der Waals surface area contributed by atoms with Crippen molar-refractivity contribution in [1.82, 2.24) is 19.6 Å². The first-order chi connectivity index (χ1) is 14.3. The minimum atomic E-state index is 0.313. The largest absolute Gasteiger partial charge is 0.302 e. The van der Waals surface area contributed by atoms with Crippen molar-refractivity contribution in [2.24, 2.45) is 17.3 Å². The lowest BCUT2D eigenvalue weighted by Crippen LogP contribution is -2.55. The fourth-order valence-electron chi connectivity index (χ4n) is 5.90. The van der Waals surface area contributed by atoms with E-state index in [1.54, 1.807) is 0 Å². The lowest BCUT2D eigenvalue weighted by Gasteiger charge is -2.47. The minimum absolute atomic E-state index is 0.313. The molecule has 0 amide bonds. The molecule has 0 bridgehead atoms. The van der Waals surface area contributed by atoms with Crippen LogP contribution >= 0.6 is 0 Å². The topological polar surface area (TPSA) is 13.0 Å². The molecule has 2 atom stereocenters. The first-order valence-corrected chi connectivity index (χ1v) is 13.2. The number of nitrogens with zero attached hydrogens (tertiary/aromatic N) is 4. The highest BCUT2D eigenvalue weighted by atomic mass is 15.3. The summed E-state index contributed by atoms with van der Waals surface area (Å²) >= 11 is 0. The van der Waals surface area contributed by atoms with Crippen molar-refractivity contribution in [1.29, 1.82) is 0 Å². The Morgan fingerprint density at radius 3 is 1.94 bits per heavy atom. The maximum Gasteiger partial charge on any atom is 0.0153 e. The van der Waals surface area contributed by atoms with Gasteiger partial charge < -0.3 is 4.90 Å². The third-order valence-electron chi connectivity index (χ3n) is 8.90. The molecule has 0 radical (unpaired) electrons. The van der Waals surface area contributed by atoms with Gasteiger partial charge in [0, 0.05) is 69.5 Å². The zero-order chi connectivity index (χ0) is 23.0. The van der Waals surface area contributed by atoms with Crippen molar-refractivity contribution in [3.05, 3.63) is 0 Å². The Hall–Kier alpha value is -0.160. The van der Waals surface area contributed by atoms with Crippen molar-refractivity contribution in [2.75, 3.05) is 58.9 Å². The molecule has 31 heavy (non-hydrogen) atoms. The Kier molecular flexibility index (Phi) is 7.89. The van der Waals surface area contributed by atoms with Crippen molar-refractivity contribution < 1.29 is 0 Å². The minimum Gasteiger partial charge on any atom is -0.302 e. The molecule has 3 fully saturated rings. The predicted molar refractivity (Wildman–Crippen MR) is 135 cm³/mol. The first-order valence-electron chi connectivity index (χ1n) is 13.2. The summed E-state index contributed by atoms with van der Waals surface area (Å²) in [4.78, 5) is 10.9. The van der Waals surface area contributed by atoms with Gasteiger partial charge in [0.25, 0.3) is 0 Å². The SMILES string of the molecule is CC(CCC(C)(C)N1CC[C@H](CN2CC(C(C)(C)C)C2)C1)N1CCN(C(C)(C)C)CC1. The second kappa shape index (κ2) is 9.60. The number of hydrogen-bond donors (Lipinski definition) is 0. The predicted octanol–water partition coefficient (Wildman–Crippen LogP) is 4.65. The summed E-state index contributed by atoms with van der Waals surface area (Å²) in [6.07, 6.45) is 4.03. The quantitative estimate of drug-likeness (QED) is 0.578. The van der Waals surface area contributed by atoms with Crippen LogP contribution in [0.2, 0.25) is 0 Å². The first kappa shape index (κ1) is 25.5. The van der Waals surface area contributed by atoms with Crippen LogP contribution in [0.5, 0.6) is 0 Å². The Morgan fingerprint density at radius 2 is 1.39 bits per heavy atom. The van der Waals surface area contributed by atoms with Crippen LogP contribution in [-0.2, 0) is 0 Å². The molecule has 0 spiro atoms. The molecular formula is C27H54N4. The standard InChI is InChI=1S/C27H54N4/c1-22(29-14-16-30(17-15-29)26(5,6)7)10-12-27(8,9)31-13-11-23(19-31)18-28-20-24(21-28)25(2,3)4/h22-24H,10-21H2,1-9H3/t22?,23-/m1/s1. The normalized spacial score (nSPS) is 27.6. The van der Waals surface area contributed by atoms with Crippen molar-refractivity contribution in [3.8, 4) is 0 Å². The van der Waals surface area contributed by atoms with Crippen LogP contribution in [0.25, 0.3) is 0 Å². The fraction of sp³-hybridized carbons (Fsp3) is 1.00. The van der Waals surface area contributed by atoms with Crippen LogP contribution in [0, 0.1) is 17.3 Å². The van der Waals surface area contributed by atoms with Gasteiger partial charge in [0.15, 0.2) is 0 Å². The van der Waals surface area contributed by atoms with Gasteiger partial charge in [-0.15, -0.1) is 0 Å². The van der Waals surface area contributed by atoms with E-state index in [1.165, 1.54) is 78.2 Å². The highest BCUT2D eigenvalue weighted by Gasteiger charge is 2.39. The van der Waals surface area contributed by atoms with Crippen molar-refractivity contribution in [3.63, 3.8) is 0 Å². The summed E-state index contributed by atoms with van der Waals surface area (Å²) in [6, 6.07) is 0.704. The smallest absolute Gasteiger partial charge is 0.0153 e. The average Bonchev–Trinajstić information content (AvgIpc) is 3.10. The lowest BCUT2D eigenvalue weighted by molar-refractivity contribution is 0.0130. The van der Waals surface area contributed by atoms with E-state index in [4.69, 9.17) is 0 Å². The van der Waals surface area contributed by atoms with Gasteiger partial charge in [-0.05, 0) is 84.6 Å². The van der Waals surface area contributed by atoms with Gasteiger partial charge in [0.1, 0.15) is 0 Å². The highest BCUT2D eigenvalue weighted by Crippen LogP contribution is 2.35. The second-order valence-electron chi connectivity index (χ2n) is 13.8. The number of hydrogen-bond acceptors (Lipinski definition) is 4.